The molecule has 2 aromatic rings. The molecule has 3 amide bonds. The van der Waals surface area contributed by atoms with Gasteiger partial charge in [-0.25, -0.2) is 4.79 Å². The number of phenols is 1. The van der Waals surface area contributed by atoms with Crippen LogP contribution < -0.4 is 10.6 Å². The Morgan fingerprint density at radius 2 is 1.67 bits per heavy atom. The number of nitrogens with zero attached hydrogens (tertiary/aromatic N) is 1. The van der Waals surface area contributed by atoms with E-state index in [2.05, 4.69) is 23.5 Å². The monoisotopic (exact) mass is 535 g/mol. The summed E-state index contributed by atoms with van der Waals surface area (Å²) in [6, 6.07) is 11.4. The first-order valence-electron chi connectivity index (χ1n) is 13.4. The first kappa shape index (κ1) is 31.2. The molecule has 0 saturated heterocycles. The Morgan fingerprint density at radius 3 is 2.21 bits per heavy atom. The number of carbonyl (C=O) groups is 3. The molecule has 210 valence electrons. The fraction of sp³-hybridized carbons (Fsp3) is 0.452. The smallest absolute Gasteiger partial charge is 0.408 e. The van der Waals surface area contributed by atoms with Gasteiger partial charge in [0.2, 0.25) is 11.8 Å². The van der Waals surface area contributed by atoms with Gasteiger partial charge in [-0.15, -0.1) is 6.42 Å². The van der Waals surface area contributed by atoms with Gasteiger partial charge in [0.05, 0.1) is 0 Å². The number of nitrogens with one attached hydrogen (secondary N) is 2. The molecule has 0 aliphatic rings. The minimum Gasteiger partial charge on any atom is -0.508 e. The summed E-state index contributed by atoms with van der Waals surface area (Å²) in [5.41, 5.74) is 1.22. The Balaban J connectivity index is 2.44. The van der Waals surface area contributed by atoms with Gasteiger partial charge >= 0.3 is 6.09 Å². The van der Waals surface area contributed by atoms with E-state index < -0.39 is 29.7 Å². The van der Waals surface area contributed by atoms with Crippen LogP contribution in [0.5, 0.6) is 5.75 Å². The molecule has 3 N–H and O–H groups in total. The second kappa shape index (κ2) is 14.8. The molecule has 0 fully saturated rings. The molecule has 0 bridgehead atoms. The molecule has 0 spiro atoms. The fourth-order valence-corrected chi connectivity index (χ4v) is 4.10. The molecule has 8 nitrogen and oxygen atoms in total. The van der Waals surface area contributed by atoms with Crippen molar-refractivity contribution in [3.63, 3.8) is 0 Å². The minimum atomic E-state index is -1.02. The topological polar surface area (TPSA) is 108 Å². The number of likely N-dealkylation sites (N-methyl/N-ethyl adjacent to an activating group) is 1. The van der Waals surface area contributed by atoms with Crippen LogP contribution in [0.3, 0.4) is 0 Å². The van der Waals surface area contributed by atoms with Crippen LogP contribution in [0.1, 0.15) is 76.6 Å². The lowest BCUT2D eigenvalue weighted by Crippen LogP contribution is -2.53. The third-order valence-corrected chi connectivity index (χ3v) is 6.02. The van der Waals surface area contributed by atoms with Crippen LogP contribution in [-0.4, -0.2) is 52.6 Å². The number of terminal acetylenes is 1. The normalized spacial score (nSPS) is 12.5. The Kier molecular flexibility index (Phi) is 11.9. The van der Waals surface area contributed by atoms with Crippen molar-refractivity contribution in [2.24, 2.45) is 0 Å². The van der Waals surface area contributed by atoms with Crippen LogP contribution >= 0.6 is 0 Å². The van der Waals surface area contributed by atoms with Crippen molar-refractivity contribution in [1.82, 2.24) is 15.5 Å². The second-order valence-electron chi connectivity index (χ2n) is 10.4. The zero-order chi connectivity index (χ0) is 29.0. The number of hydrogen-bond acceptors (Lipinski definition) is 5. The highest BCUT2D eigenvalue weighted by molar-refractivity contribution is 5.92. The summed E-state index contributed by atoms with van der Waals surface area (Å²) in [5, 5.41) is 15.3. The van der Waals surface area contributed by atoms with Crippen LogP contribution in [-0.2, 0) is 20.7 Å². The lowest BCUT2D eigenvalue weighted by molar-refractivity contribution is -0.142. The first-order valence-corrected chi connectivity index (χ1v) is 13.4. The molecule has 0 aliphatic heterocycles. The molecular formula is C31H41N3O5. The molecule has 0 aromatic heterocycles. The van der Waals surface area contributed by atoms with Crippen molar-refractivity contribution in [1.29, 1.82) is 0 Å². The summed E-state index contributed by atoms with van der Waals surface area (Å²) >= 11 is 0. The van der Waals surface area contributed by atoms with Crippen molar-refractivity contribution in [2.75, 3.05) is 13.1 Å². The average Bonchev–Trinajstić information content (AvgIpc) is 2.89. The van der Waals surface area contributed by atoms with E-state index in [1.165, 1.54) is 17.0 Å². The van der Waals surface area contributed by atoms with Gasteiger partial charge in [-0.2, -0.15) is 0 Å². The highest BCUT2D eigenvalue weighted by Crippen LogP contribution is 2.24. The van der Waals surface area contributed by atoms with E-state index in [1.807, 2.05) is 0 Å². The molecule has 8 heteroatoms. The lowest BCUT2D eigenvalue weighted by atomic mass is 9.99. The maximum Gasteiger partial charge on any atom is 0.408 e. The maximum atomic E-state index is 14.1. The molecule has 0 aliphatic carbocycles. The SMILES string of the molecule is C#Cc1ccc(C(C(=O)NCCCCC)N(CC)C(=O)C(Cc2ccc(O)cc2)NC(=O)OC(C)(C)C)cc1. The number of benzene rings is 2. The number of amides is 3. The second-order valence-corrected chi connectivity index (χ2v) is 10.4. The van der Waals surface area contributed by atoms with Crippen LogP contribution in [0.2, 0.25) is 0 Å². The van der Waals surface area contributed by atoms with Gasteiger partial charge in [0.25, 0.3) is 0 Å². The zero-order valence-corrected chi connectivity index (χ0v) is 23.6. The number of aromatic hydroxyl groups is 1. The predicted molar refractivity (Wildman–Crippen MR) is 152 cm³/mol. The number of rotatable bonds is 12. The van der Waals surface area contributed by atoms with Crippen molar-refractivity contribution in [3.8, 4) is 18.1 Å². The van der Waals surface area contributed by atoms with Gasteiger partial charge in [0.15, 0.2) is 0 Å². The van der Waals surface area contributed by atoms with Gasteiger partial charge in [-0.1, -0.05) is 50.0 Å². The number of phenolic OH excluding ortho intramolecular Hbond substituents is 1. The van der Waals surface area contributed by atoms with E-state index in [0.29, 0.717) is 17.7 Å². The van der Waals surface area contributed by atoms with Crippen molar-refractivity contribution in [3.05, 3.63) is 65.2 Å². The van der Waals surface area contributed by atoms with Crippen molar-refractivity contribution >= 4 is 17.9 Å². The molecule has 0 heterocycles. The highest BCUT2D eigenvalue weighted by Gasteiger charge is 2.35. The van der Waals surface area contributed by atoms with Crippen LogP contribution in [0, 0.1) is 12.3 Å². The molecule has 2 rings (SSSR count). The third kappa shape index (κ3) is 10.0. The summed E-state index contributed by atoms with van der Waals surface area (Å²) in [7, 11) is 0. The molecule has 0 saturated carbocycles. The standard InChI is InChI=1S/C31H41N3O5/c1-7-10-11-20-32-28(36)27(24-16-12-22(8-2)13-17-24)34(9-3)29(37)26(33-30(38)39-31(4,5)6)21-23-14-18-25(35)19-15-23/h2,12-19,26-27,35H,7,9-11,20-21H2,1,3-6H3,(H,32,36)(H,33,38). The quantitative estimate of drug-likeness (QED) is 0.270. The largest absolute Gasteiger partial charge is 0.508 e. The summed E-state index contributed by atoms with van der Waals surface area (Å²) < 4.78 is 5.42. The summed E-state index contributed by atoms with van der Waals surface area (Å²) in [6.07, 6.45) is 7.73. The average molecular weight is 536 g/mol. The van der Waals surface area contributed by atoms with E-state index in [0.717, 1.165) is 24.8 Å². The minimum absolute atomic E-state index is 0.0899. The van der Waals surface area contributed by atoms with Gasteiger partial charge in [-0.05, 0) is 69.5 Å². The number of alkyl carbamates (subject to hydrolysis) is 1. The molecule has 39 heavy (non-hydrogen) atoms. The zero-order valence-electron chi connectivity index (χ0n) is 23.6. The fourth-order valence-electron chi connectivity index (χ4n) is 4.10. The Labute approximate surface area is 232 Å². The van der Waals surface area contributed by atoms with E-state index in [4.69, 9.17) is 11.2 Å². The van der Waals surface area contributed by atoms with Gasteiger partial charge in [-0.3, -0.25) is 9.59 Å². The molecule has 0 radical (unpaired) electrons. The van der Waals surface area contributed by atoms with Crippen LogP contribution in [0.15, 0.2) is 48.5 Å². The Bertz CT molecular complexity index is 1130. The van der Waals surface area contributed by atoms with E-state index in [1.54, 1.807) is 64.1 Å². The number of hydrogen-bond donors (Lipinski definition) is 3. The van der Waals surface area contributed by atoms with Gasteiger partial charge in [0.1, 0.15) is 23.4 Å². The van der Waals surface area contributed by atoms with Crippen LogP contribution in [0.25, 0.3) is 0 Å². The summed E-state index contributed by atoms with van der Waals surface area (Å²) in [6.45, 7) is 9.79. The Hall–Kier alpha value is -3.99. The van der Waals surface area contributed by atoms with E-state index in [9.17, 15) is 19.5 Å². The highest BCUT2D eigenvalue weighted by atomic mass is 16.6. The predicted octanol–water partition coefficient (Wildman–Crippen LogP) is 4.71. The lowest BCUT2D eigenvalue weighted by Gasteiger charge is -2.34. The molecule has 2 atom stereocenters. The van der Waals surface area contributed by atoms with E-state index >= 15 is 0 Å². The maximum absolute atomic E-state index is 14.1. The number of unbranched alkanes of at least 4 members (excludes halogenated alkanes) is 2. The summed E-state index contributed by atoms with van der Waals surface area (Å²) in [4.78, 5) is 41.8. The third-order valence-electron chi connectivity index (χ3n) is 6.02. The summed E-state index contributed by atoms with van der Waals surface area (Å²) in [5.74, 6) is 1.91. The van der Waals surface area contributed by atoms with Gasteiger partial charge in [0, 0.05) is 25.1 Å². The molecule has 2 aromatic carbocycles. The number of ether oxygens (including phenoxy) is 1. The van der Waals surface area contributed by atoms with Gasteiger partial charge < -0.3 is 25.4 Å². The Morgan fingerprint density at radius 1 is 1.03 bits per heavy atom. The number of carbonyl (C=O) groups excluding carboxylic acids is 3. The van der Waals surface area contributed by atoms with Crippen LogP contribution in [0.4, 0.5) is 4.79 Å². The van der Waals surface area contributed by atoms with Crippen molar-refractivity contribution in [2.45, 2.75) is 78.0 Å². The molecular weight excluding hydrogens is 494 g/mol. The first-order chi connectivity index (χ1) is 18.5. The molecule has 2 unspecified atom stereocenters. The van der Waals surface area contributed by atoms with E-state index in [-0.39, 0.29) is 24.6 Å². The van der Waals surface area contributed by atoms with Crippen molar-refractivity contribution < 1.29 is 24.2 Å².